The molecule has 0 heterocycles. The summed E-state index contributed by atoms with van der Waals surface area (Å²) in [4.78, 5) is 0. The predicted octanol–water partition coefficient (Wildman–Crippen LogP) is 3.71. The van der Waals surface area contributed by atoms with E-state index in [1.807, 2.05) is 6.08 Å². The van der Waals surface area contributed by atoms with Gasteiger partial charge in [0.25, 0.3) is 0 Å². The molecule has 0 aliphatic carbocycles. The van der Waals surface area contributed by atoms with Gasteiger partial charge in [0.1, 0.15) is 0 Å². The van der Waals surface area contributed by atoms with E-state index >= 15 is 0 Å². The maximum absolute atomic E-state index is 4.98. The summed E-state index contributed by atoms with van der Waals surface area (Å²) in [6.45, 7) is 3.69. The van der Waals surface area contributed by atoms with Crippen LogP contribution in [-0.4, -0.2) is 0 Å². The van der Waals surface area contributed by atoms with Gasteiger partial charge in [0, 0.05) is 6.42 Å². The summed E-state index contributed by atoms with van der Waals surface area (Å²) in [6, 6.07) is 0. The third-order valence-electron chi connectivity index (χ3n) is 1.83. The van der Waals surface area contributed by atoms with Gasteiger partial charge in [-0.05, 0) is 37.5 Å². The maximum atomic E-state index is 4.98. The van der Waals surface area contributed by atoms with Crippen LogP contribution in [0.25, 0.3) is 0 Å². The lowest BCUT2D eigenvalue weighted by molar-refractivity contribution is 0.696. The molecule has 74 valence electrons. The monoisotopic (exact) mass is 186 g/mol. The highest BCUT2D eigenvalue weighted by molar-refractivity contribution is 5.22. The lowest BCUT2D eigenvalue weighted by Crippen LogP contribution is -1.74. The molecule has 0 aromatic rings. The first-order chi connectivity index (χ1) is 6.91. The highest BCUT2D eigenvalue weighted by Gasteiger charge is 1.84. The Balaban J connectivity index is 3.19. The van der Waals surface area contributed by atoms with E-state index in [1.54, 1.807) is 0 Å². The van der Waals surface area contributed by atoms with E-state index in [0.29, 0.717) is 0 Å². The van der Waals surface area contributed by atoms with E-state index in [0.717, 1.165) is 19.3 Å². The zero-order valence-electron chi connectivity index (χ0n) is 8.76. The van der Waals surface area contributed by atoms with Crippen LogP contribution in [0.4, 0.5) is 0 Å². The molecule has 0 aliphatic heterocycles. The topological polar surface area (TPSA) is 0 Å². The van der Waals surface area contributed by atoms with Crippen LogP contribution < -0.4 is 0 Å². The summed E-state index contributed by atoms with van der Waals surface area (Å²) in [5.41, 5.74) is 0. The summed E-state index contributed by atoms with van der Waals surface area (Å²) in [5, 5.41) is 0. The Morgan fingerprint density at radius 2 is 1.86 bits per heavy atom. The van der Waals surface area contributed by atoms with Gasteiger partial charge in [-0.3, -0.25) is 0 Å². The van der Waals surface area contributed by atoms with E-state index in [1.165, 1.54) is 19.3 Å². The quantitative estimate of drug-likeness (QED) is 0.323. The average Bonchev–Trinajstić information content (AvgIpc) is 2.21. The Morgan fingerprint density at radius 3 is 2.57 bits per heavy atom. The molecule has 0 amide bonds. The van der Waals surface area contributed by atoms with Gasteiger partial charge in [0.05, 0.1) is 0 Å². The fourth-order valence-electron chi connectivity index (χ4n) is 1.09. The Kier molecular flexibility index (Phi) is 10.4. The first-order valence-corrected chi connectivity index (χ1v) is 5.11. The highest BCUT2D eigenvalue weighted by atomic mass is 13.9. The maximum Gasteiger partial charge on any atom is 0.0279 e. The van der Waals surface area contributed by atoms with Crippen LogP contribution in [0.3, 0.4) is 0 Å². The number of terminal acetylenes is 1. The summed E-state index contributed by atoms with van der Waals surface area (Å²) in [5.74, 6) is 7.73. The normalized spacial score (nSPS) is 9.07. The minimum atomic E-state index is 0.775. The van der Waals surface area contributed by atoms with Crippen molar-refractivity contribution in [3.05, 3.63) is 24.8 Å². The number of rotatable bonds is 7. The van der Waals surface area contributed by atoms with Gasteiger partial charge in [0.15, 0.2) is 0 Å². The van der Waals surface area contributed by atoms with Crippen LogP contribution in [0.1, 0.15) is 38.5 Å². The van der Waals surface area contributed by atoms with Crippen LogP contribution in [0.15, 0.2) is 24.8 Å². The highest BCUT2D eigenvalue weighted by Crippen LogP contribution is 2.03. The van der Waals surface area contributed by atoms with Gasteiger partial charge < -0.3 is 0 Å². The van der Waals surface area contributed by atoms with Crippen molar-refractivity contribution in [3.63, 3.8) is 0 Å². The fraction of sp³-hybridized carbons (Fsp3) is 0.429. The first-order valence-electron chi connectivity index (χ1n) is 5.11. The van der Waals surface area contributed by atoms with E-state index in [4.69, 9.17) is 6.42 Å². The first kappa shape index (κ1) is 12.6. The van der Waals surface area contributed by atoms with Crippen molar-refractivity contribution < 1.29 is 0 Å². The van der Waals surface area contributed by atoms with E-state index < -0.39 is 0 Å². The van der Waals surface area contributed by atoms with Crippen molar-refractivity contribution in [3.8, 4) is 24.2 Å². The SMILES string of the molecule is C#CC#CC/C=C/CCCCCC=C. The lowest BCUT2D eigenvalue weighted by Gasteiger charge is -1.93. The molecule has 14 heavy (non-hydrogen) atoms. The Morgan fingerprint density at radius 1 is 1.07 bits per heavy atom. The van der Waals surface area contributed by atoms with Gasteiger partial charge >= 0.3 is 0 Å². The zero-order chi connectivity index (χ0) is 10.5. The lowest BCUT2D eigenvalue weighted by atomic mass is 10.1. The predicted molar refractivity (Wildman–Crippen MR) is 63.6 cm³/mol. The minimum absolute atomic E-state index is 0.775. The molecular formula is C14H18. The molecule has 0 N–H and O–H groups in total. The second-order valence-corrected chi connectivity index (χ2v) is 3.05. The molecule has 0 unspecified atom stereocenters. The summed E-state index contributed by atoms with van der Waals surface area (Å²) < 4.78 is 0. The number of hydrogen-bond acceptors (Lipinski definition) is 0. The van der Waals surface area contributed by atoms with Crippen LogP contribution in [0.2, 0.25) is 0 Å². The molecule has 0 rings (SSSR count). The van der Waals surface area contributed by atoms with Crippen molar-refractivity contribution in [2.24, 2.45) is 0 Å². The van der Waals surface area contributed by atoms with Crippen molar-refractivity contribution in [1.82, 2.24) is 0 Å². The molecule has 0 nitrogen and oxygen atoms in total. The van der Waals surface area contributed by atoms with Gasteiger partial charge in [-0.25, -0.2) is 0 Å². The van der Waals surface area contributed by atoms with Gasteiger partial charge in [-0.1, -0.05) is 30.6 Å². The molecule has 0 bridgehead atoms. The van der Waals surface area contributed by atoms with Crippen molar-refractivity contribution in [2.45, 2.75) is 38.5 Å². The third kappa shape index (κ3) is 10.6. The molecule has 0 saturated carbocycles. The van der Waals surface area contributed by atoms with E-state index in [9.17, 15) is 0 Å². The minimum Gasteiger partial charge on any atom is -0.106 e. The van der Waals surface area contributed by atoms with Crippen LogP contribution >= 0.6 is 0 Å². The largest absolute Gasteiger partial charge is 0.106 e. The Bertz CT molecular complexity index is 252. The fourth-order valence-corrected chi connectivity index (χ4v) is 1.09. The van der Waals surface area contributed by atoms with Gasteiger partial charge in [-0.15, -0.1) is 13.0 Å². The summed E-state index contributed by atoms with van der Waals surface area (Å²) in [7, 11) is 0. The molecule has 0 aromatic heterocycles. The zero-order valence-corrected chi connectivity index (χ0v) is 8.76. The summed E-state index contributed by atoms with van der Waals surface area (Å²) >= 11 is 0. The molecule has 0 atom stereocenters. The summed E-state index contributed by atoms with van der Waals surface area (Å²) in [6.07, 6.45) is 18.1. The van der Waals surface area contributed by atoms with Crippen LogP contribution in [0.5, 0.6) is 0 Å². The van der Waals surface area contributed by atoms with Gasteiger partial charge in [0.2, 0.25) is 0 Å². The molecular weight excluding hydrogens is 168 g/mol. The second-order valence-electron chi connectivity index (χ2n) is 3.05. The molecule has 0 spiro atoms. The number of unbranched alkanes of at least 4 members (excludes halogenated alkanes) is 4. The van der Waals surface area contributed by atoms with Gasteiger partial charge in [-0.2, -0.15) is 0 Å². The van der Waals surface area contributed by atoms with Crippen LogP contribution in [0, 0.1) is 24.2 Å². The molecule has 0 fully saturated rings. The standard InChI is InChI=1S/C14H18/c1-3-5-7-9-11-13-14-12-10-8-6-4-2/h1,4,11,13H,2,6,8-10,12,14H2/b13-11+. The number of allylic oxidation sites excluding steroid dienone is 3. The molecule has 0 aromatic carbocycles. The second kappa shape index (κ2) is 11.6. The smallest absolute Gasteiger partial charge is 0.0279 e. The van der Waals surface area contributed by atoms with Crippen LogP contribution in [-0.2, 0) is 0 Å². The Hall–Kier alpha value is -1.40. The van der Waals surface area contributed by atoms with Crippen molar-refractivity contribution in [2.75, 3.05) is 0 Å². The number of hydrogen-bond donors (Lipinski definition) is 0. The average molecular weight is 186 g/mol. The molecule has 0 heteroatoms. The van der Waals surface area contributed by atoms with E-state index in [2.05, 4.69) is 36.5 Å². The molecule has 0 saturated heterocycles. The van der Waals surface area contributed by atoms with Crippen molar-refractivity contribution >= 4 is 0 Å². The van der Waals surface area contributed by atoms with Crippen molar-refractivity contribution in [1.29, 1.82) is 0 Å². The molecule has 0 radical (unpaired) electrons. The third-order valence-corrected chi connectivity index (χ3v) is 1.83. The molecule has 0 aliphatic rings. The Labute approximate surface area is 88.1 Å². The van der Waals surface area contributed by atoms with E-state index in [-0.39, 0.29) is 0 Å².